The molecule has 1 rings (SSSR count). The SMILES string of the molecule is CCC(C)NC(=NCc1cc(F)ccc1F)NCC(=O)N(C)C. The summed E-state index contributed by atoms with van der Waals surface area (Å²) in [6.07, 6.45) is 0.858. The van der Waals surface area contributed by atoms with Crippen molar-refractivity contribution in [2.75, 3.05) is 20.6 Å². The van der Waals surface area contributed by atoms with Gasteiger partial charge in [-0.3, -0.25) is 4.79 Å². The van der Waals surface area contributed by atoms with Gasteiger partial charge in [0, 0.05) is 25.7 Å². The van der Waals surface area contributed by atoms with Crippen LogP contribution in [0.25, 0.3) is 0 Å². The van der Waals surface area contributed by atoms with Gasteiger partial charge in [0.2, 0.25) is 5.91 Å². The normalized spacial score (nSPS) is 12.7. The number of nitrogens with zero attached hydrogens (tertiary/aromatic N) is 2. The van der Waals surface area contributed by atoms with Gasteiger partial charge in [-0.15, -0.1) is 0 Å². The molecule has 0 aromatic heterocycles. The summed E-state index contributed by atoms with van der Waals surface area (Å²) in [5.41, 5.74) is 0.161. The zero-order valence-corrected chi connectivity index (χ0v) is 14.0. The van der Waals surface area contributed by atoms with Crippen LogP contribution >= 0.6 is 0 Å². The third-order valence-corrected chi connectivity index (χ3v) is 3.32. The first kappa shape index (κ1) is 18.9. The Hall–Kier alpha value is -2.18. The molecule has 128 valence electrons. The monoisotopic (exact) mass is 326 g/mol. The second kappa shape index (κ2) is 9.07. The Morgan fingerprint density at radius 3 is 2.65 bits per heavy atom. The maximum absolute atomic E-state index is 13.6. The third kappa shape index (κ3) is 6.63. The maximum atomic E-state index is 13.6. The molecule has 0 radical (unpaired) electrons. The molecule has 0 aliphatic carbocycles. The zero-order valence-electron chi connectivity index (χ0n) is 14.0. The van der Waals surface area contributed by atoms with Gasteiger partial charge in [-0.05, 0) is 31.5 Å². The number of halogens is 2. The number of rotatable bonds is 6. The van der Waals surface area contributed by atoms with Gasteiger partial charge < -0.3 is 15.5 Å². The molecule has 0 spiro atoms. The summed E-state index contributed by atoms with van der Waals surface area (Å²) in [5, 5.41) is 6.02. The van der Waals surface area contributed by atoms with Crippen LogP contribution in [-0.4, -0.2) is 43.4 Å². The van der Waals surface area contributed by atoms with E-state index in [1.54, 1.807) is 14.1 Å². The average molecular weight is 326 g/mol. The molecule has 0 bridgehead atoms. The number of nitrogens with one attached hydrogen (secondary N) is 2. The van der Waals surface area contributed by atoms with Crippen molar-refractivity contribution in [3.05, 3.63) is 35.4 Å². The van der Waals surface area contributed by atoms with E-state index in [-0.39, 0.29) is 30.6 Å². The minimum absolute atomic E-state index is 0.0223. The smallest absolute Gasteiger partial charge is 0.241 e. The number of hydrogen-bond acceptors (Lipinski definition) is 2. The number of hydrogen-bond donors (Lipinski definition) is 2. The van der Waals surface area contributed by atoms with Crippen molar-refractivity contribution in [3.63, 3.8) is 0 Å². The van der Waals surface area contributed by atoms with E-state index < -0.39 is 11.6 Å². The minimum Gasteiger partial charge on any atom is -0.354 e. The molecular formula is C16H24F2N4O. The van der Waals surface area contributed by atoms with E-state index in [1.807, 2.05) is 13.8 Å². The summed E-state index contributed by atoms with van der Waals surface area (Å²) in [6.45, 7) is 4.02. The third-order valence-electron chi connectivity index (χ3n) is 3.32. The first-order valence-corrected chi connectivity index (χ1v) is 7.52. The highest BCUT2D eigenvalue weighted by atomic mass is 19.1. The lowest BCUT2D eigenvalue weighted by Crippen LogP contribution is -2.45. The Morgan fingerprint density at radius 1 is 1.35 bits per heavy atom. The fourth-order valence-electron chi connectivity index (χ4n) is 1.63. The fraction of sp³-hybridized carbons (Fsp3) is 0.500. The van der Waals surface area contributed by atoms with Crippen molar-refractivity contribution < 1.29 is 13.6 Å². The van der Waals surface area contributed by atoms with Crippen molar-refractivity contribution in [3.8, 4) is 0 Å². The zero-order chi connectivity index (χ0) is 17.4. The highest BCUT2D eigenvalue weighted by Crippen LogP contribution is 2.10. The summed E-state index contributed by atoms with van der Waals surface area (Å²) in [7, 11) is 3.32. The number of aliphatic imine (C=N–C) groups is 1. The number of carbonyl (C=O) groups is 1. The lowest BCUT2D eigenvalue weighted by Gasteiger charge is -2.18. The predicted octanol–water partition coefficient (Wildman–Crippen LogP) is 1.89. The van der Waals surface area contributed by atoms with E-state index in [4.69, 9.17) is 0 Å². The molecule has 1 atom stereocenters. The van der Waals surface area contributed by atoms with Crippen molar-refractivity contribution in [1.82, 2.24) is 15.5 Å². The Bertz CT molecular complexity index is 561. The van der Waals surface area contributed by atoms with E-state index in [9.17, 15) is 13.6 Å². The summed E-state index contributed by atoms with van der Waals surface area (Å²) in [5.74, 6) is -0.745. The first-order chi connectivity index (χ1) is 10.8. The van der Waals surface area contributed by atoms with Gasteiger partial charge in [0.25, 0.3) is 0 Å². The molecular weight excluding hydrogens is 302 g/mol. The van der Waals surface area contributed by atoms with Gasteiger partial charge in [-0.25, -0.2) is 13.8 Å². The average Bonchev–Trinajstić information content (AvgIpc) is 2.52. The van der Waals surface area contributed by atoms with Crippen LogP contribution in [0.5, 0.6) is 0 Å². The number of amides is 1. The summed E-state index contributed by atoms with van der Waals surface area (Å²) in [6, 6.07) is 3.39. The molecule has 23 heavy (non-hydrogen) atoms. The Morgan fingerprint density at radius 2 is 2.04 bits per heavy atom. The molecule has 0 heterocycles. The van der Waals surface area contributed by atoms with Gasteiger partial charge in [0.1, 0.15) is 11.6 Å². The van der Waals surface area contributed by atoms with E-state index >= 15 is 0 Å². The van der Waals surface area contributed by atoms with Crippen LogP contribution in [0.1, 0.15) is 25.8 Å². The second-order valence-corrected chi connectivity index (χ2v) is 5.50. The Balaban J connectivity index is 2.81. The molecule has 1 amide bonds. The van der Waals surface area contributed by atoms with Crippen molar-refractivity contribution >= 4 is 11.9 Å². The van der Waals surface area contributed by atoms with Crippen molar-refractivity contribution in [2.45, 2.75) is 32.9 Å². The highest BCUT2D eigenvalue weighted by molar-refractivity contribution is 5.86. The van der Waals surface area contributed by atoms with Crippen LogP contribution in [0.4, 0.5) is 8.78 Å². The van der Waals surface area contributed by atoms with Crippen molar-refractivity contribution in [2.24, 2.45) is 4.99 Å². The number of likely N-dealkylation sites (N-methyl/N-ethyl adjacent to an activating group) is 1. The second-order valence-electron chi connectivity index (χ2n) is 5.50. The molecule has 0 aliphatic heterocycles. The quantitative estimate of drug-likeness (QED) is 0.620. The molecule has 0 saturated heterocycles. The largest absolute Gasteiger partial charge is 0.354 e. The molecule has 0 aliphatic rings. The minimum atomic E-state index is -0.512. The molecule has 7 heteroatoms. The van der Waals surface area contributed by atoms with Gasteiger partial charge in [-0.2, -0.15) is 0 Å². The van der Waals surface area contributed by atoms with Crippen LogP contribution in [0, 0.1) is 11.6 Å². The van der Waals surface area contributed by atoms with Crippen LogP contribution < -0.4 is 10.6 Å². The Labute approximate surface area is 135 Å². The molecule has 1 aromatic carbocycles. The molecule has 5 nitrogen and oxygen atoms in total. The summed E-state index contributed by atoms with van der Waals surface area (Å²) >= 11 is 0. The molecule has 0 saturated carbocycles. The van der Waals surface area contributed by atoms with E-state index in [2.05, 4.69) is 15.6 Å². The van der Waals surface area contributed by atoms with Crippen LogP contribution in [-0.2, 0) is 11.3 Å². The number of guanidine groups is 1. The summed E-state index contributed by atoms with van der Waals surface area (Å²) < 4.78 is 26.8. The van der Waals surface area contributed by atoms with Crippen LogP contribution in [0.2, 0.25) is 0 Å². The van der Waals surface area contributed by atoms with Crippen LogP contribution in [0.3, 0.4) is 0 Å². The molecule has 2 N–H and O–H groups in total. The summed E-state index contributed by atoms with van der Waals surface area (Å²) in [4.78, 5) is 17.3. The van der Waals surface area contributed by atoms with Crippen molar-refractivity contribution in [1.29, 1.82) is 0 Å². The van der Waals surface area contributed by atoms with E-state index in [0.29, 0.717) is 5.96 Å². The molecule has 0 fully saturated rings. The lowest BCUT2D eigenvalue weighted by atomic mass is 10.2. The molecule has 1 unspecified atom stereocenters. The topological polar surface area (TPSA) is 56.7 Å². The van der Waals surface area contributed by atoms with Gasteiger partial charge in [-0.1, -0.05) is 6.92 Å². The van der Waals surface area contributed by atoms with Crippen LogP contribution in [0.15, 0.2) is 23.2 Å². The van der Waals surface area contributed by atoms with Gasteiger partial charge in [0.05, 0.1) is 13.1 Å². The molecule has 1 aromatic rings. The van der Waals surface area contributed by atoms with Gasteiger partial charge >= 0.3 is 0 Å². The lowest BCUT2D eigenvalue weighted by molar-refractivity contribution is -0.127. The Kier molecular flexibility index (Phi) is 7.44. The number of carbonyl (C=O) groups excluding carboxylic acids is 1. The standard InChI is InChI=1S/C16H24F2N4O/c1-5-11(2)21-16(20-10-15(23)22(3)4)19-9-12-8-13(17)6-7-14(12)18/h6-8,11H,5,9-10H2,1-4H3,(H2,19,20,21). The first-order valence-electron chi connectivity index (χ1n) is 7.52. The van der Waals surface area contributed by atoms with E-state index in [0.717, 1.165) is 24.6 Å². The van der Waals surface area contributed by atoms with E-state index in [1.165, 1.54) is 4.90 Å². The number of benzene rings is 1. The fourth-order valence-corrected chi connectivity index (χ4v) is 1.63. The predicted molar refractivity (Wildman–Crippen MR) is 87.1 cm³/mol. The van der Waals surface area contributed by atoms with Gasteiger partial charge in [0.15, 0.2) is 5.96 Å². The maximum Gasteiger partial charge on any atom is 0.241 e. The highest BCUT2D eigenvalue weighted by Gasteiger charge is 2.09.